The molecule has 0 saturated carbocycles. The van der Waals surface area contributed by atoms with Gasteiger partial charge in [0.25, 0.3) is 5.91 Å². The van der Waals surface area contributed by atoms with Crippen LogP contribution in [0.25, 0.3) is 0 Å². The van der Waals surface area contributed by atoms with Crippen LogP contribution < -0.4 is 15.6 Å². The first-order valence-electron chi connectivity index (χ1n) is 10.4. The third-order valence-corrected chi connectivity index (χ3v) is 8.05. The molecule has 0 aliphatic carbocycles. The van der Waals surface area contributed by atoms with Crippen LogP contribution in [-0.4, -0.2) is 37.6 Å². The summed E-state index contributed by atoms with van der Waals surface area (Å²) in [7, 11) is -3.77. The number of nitrogens with one attached hydrogen (secondary N) is 2. The minimum absolute atomic E-state index is 0.0114. The molecule has 3 heterocycles. The van der Waals surface area contributed by atoms with Crippen molar-refractivity contribution in [3.8, 4) is 5.75 Å². The van der Waals surface area contributed by atoms with Gasteiger partial charge in [0, 0.05) is 13.1 Å². The van der Waals surface area contributed by atoms with E-state index in [0.29, 0.717) is 24.6 Å². The van der Waals surface area contributed by atoms with Crippen LogP contribution in [0.15, 0.2) is 63.2 Å². The van der Waals surface area contributed by atoms with Crippen molar-refractivity contribution in [1.29, 1.82) is 0 Å². The first-order chi connectivity index (χ1) is 15.9. The number of benzene rings is 1. The van der Waals surface area contributed by atoms with Gasteiger partial charge in [-0.3, -0.25) is 20.4 Å². The minimum atomic E-state index is -3.77. The van der Waals surface area contributed by atoms with E-state index in [0.717, 1.165) is 30.6 Å². The van der Waals surface area contributed by atoms with E-state index in [1.807, 2.05) is 18.2 Å². The molecule has 1 aliphatic heterocycles. The highest BCUT2D eigenvalue weighted by Gasteiger charge is 2.31. The summed E-state index contributed by atoms with van der Waals surface area (Å²) >= 11 is 0.995. The summed E-state index contributed by atoms with van der Waals surface area (Å²) in [5.74, 6) is -0.310. The molecule has 1 fully saturated rings. The summed E-state index contributed by atoms with van der Waals surface area (Å²) in [6.45, 7) is 1.01. The Morgan fingerprint density at radius 3 is 2.45 bits per heavy atom. The van der Waals surface area contributed by atoms with E-state index in [1.54, 1.807) is 23.6 Å². The molecule has 0 spiro atoms. The lowest BCUT2D eigenvalue weighted by molar-refractivity contribution is 0.0829. The van der Waals surface area contributed by atoms with Crippen LogP contribution in [0.2, 0.25) is 0 Å². The Bertz CT molecular complexity index is 1210. The minimum Gasteiger partial charge on any atom is -0.486 e. The van der Waals surface area contributed by atoms with Crippen molar-refractivity contribution in [1.82, 2.24) is 15.2 Å². The van der Waals surface area contributed by atoms with Gasteiger partial charge in [-0.25, -0.2) is 8.42 Å². The molecule has 3 aromatic rings. The van der Waals surface area contributed by atoms with Gasteiger partial charge in [-0.15, -0.1) is 11.3 Å². The van der Waals surface area contributed by atoms with E-state index in [1.165, 1.54) is 16.4 Å². The Balaban J connectivity index is 1.35. The first-order valence-corrected chi connectivity index (χ1v) is 12.7. The number of nitrogens with zero attached hydrogens (tertiary/aromatic N) is 1. The molecule has 2 amide bonds. The van der Waals surface area contributed by atoms with E-state index < -0.39 is 21.8 Å². The number of hydrazine groups is 1. The smallest absolute Gasteiger partial charge is 0.305 e. The maximum Gasteiger partial charge on any atom is 0.305 e. The van der Waals surface area contributed by atoms with E-state index in [-0.39, 0.29) is 22.1 Å². The number of amides is 2. The van der Waals surface area contributed by atoms with Crippen molar-refractivity contribution in [2.45, 2.75) is 30.8 Å². The van der Waals surface area contributed by atoms with Crippen LogP contribution in [0.4, 0.5) is 0 Å². The van der Waals surface area contributed by atoms with Crippen LogP contribution >= 0.6 is 11.3 Å². The molecule has 0 bridgehead atoms. The average Bonchev–Trinajstić information content (AvgIpc) is 3.53. The molecule has 1 aliphatic rings. The number of furan rings is 1. The Labute approximate surface area is 195 Å². The first kappa shape index (κ1) is 23.0. The van der Waals surface area contributed by atoms with Crippen molar-refractivity contribution in [3.05, 3.63) is 70.3 Å². The summed E-state index contributed by atoms with van der Waals surface area (Å²) in [6.07, 6.45) is 2.58. The fourth-order valence-corrected chi connectivity index (χ4v) is 6.20. The number of thiophene rings is 1. The molecular formula is C22H23N3O6S2. The van der Waals surface area contributed by atoms with Gasteiger partial charge in [-0.1, -0.05) is 24.6 Å². The van der Waals surface area contributed by atoms with E-state index in [9.17, 15) is 18.0 Å². The zero-order valence-corrected chi connectivity index (χ0v) is 19.3. The molecule has 0 atom stereocenters. The number of hydrogen-bond donors (Lipinski definition) is 2. The van der Waals surface area contributed by atoms with E-state index in [4.69, 9.17) is 9.15 Å². The summed E-state index contributed by atoms with van der Waals surface area (Å²) in [5.41, 5.74) is 4.52. The molecule has 33 heavy (non-hydrogen) atoms. The number of hydrogen-bond acceptors (Lipinski definition) is 7. The highest BCUT2D eigenvalue weighted by Crippen LogP contribution is 2.27. The summed E-state index contributed by atoms with van der Waals surface area (Å²) in [6, 6.07) is 13.6. The summed E-state index contributed by atoms with van der Waals surface area (Å²) in [5, 5.41) is 1.54. The third kappa shape index (κ3) is 5.44. The predicted molar refractivity (Wildman–Crippen MR) is 121 cm³/mol. The molecule has 11 heteroatoms. The second-order valence-corrected chi connectivity index (χ2v) is 10.2. The van der Waals surface area contributed by atoms with Gasteiger partial charge >= 0.3 is 5.91 Å². The fourth-order valence-electron chi connectivity index (χ4n) is 3.39. The Morgan fingerprint density at radius 1 is 0.970 bits per heavy atom. The zero-order valence-electron chi connectivity index (χ0n) is 17.7. The maximum atomic E-state index is 12.9. The predicted octanol–water partition coefficient (Wildman–Crippen LogP) is 3.17. The van der Waals surface area contributed by atoms with Crippen LogP contribution in [-0.2, 0) is 16.6 Å². The van der Waals surface area contributed by atoms with Gasteiger partial charge in [0.2, 0.25) is 10.0 Å². The SMILES string of the molecule is O=C(NNC(=O)c1sccc1S(=O)(=O)N1CCCCC1)c1ccc(COc2ccccc2)o1. The number of carbonyl (C=O) groups excluding carboxylic acids is 2. The monoisotopic (exact) mass is 489 g/mol. The number of piperidine rings is 1. The largest absolute Gasteiger partial charge is 0.486 e. The summed E-state index contributed by atoms with van der Waals surface area (Å²) < 4.78 is 38.3. The molecule has 1 aromatic carbocycles. The number of carbonyl (C=O) groups is 2. The third-order valence-electron chi connectivity index (χ3n) is 5.07. The van der Waals surface area contributed by atoms with Crippen LogP contribution in [0.3, 0.4) is 0 Å². The van der Waals surface area contributed by atoms with Gasteiger partial charge < -0.3 is 9.15 Å². The van der Waals surface area contributed by atoms with Crippen molar-refractivity contribution >= 4 is 33.2 Å². The number of para-hydroxylation sites is 1. The van der Waals surface area contributed by atoms with Crippen molar-refractivity contribution in [3.63, 3.8) is 0 Å². The summed E-state index contributed by atoms with van der Waals surface area (Å²) in [4.78, 5) is 24.9. The second kappa shape index (κ2) is 10.2. The highest BCUT2D eigenvalue weighted by molar-refractivity contribution is 7.89. The topological polar surface area (TPSA) is 118 Å². The average molecular weight is 490 g/mol. The highest BCUT2D eigenvalue weighted by atomic mass is 32.2. The van der Waals surface area contributed by atoms with Crippen molar-refractivity contribution in [2.24, 2.45) is 0 Å². The van der Waals surface area contributed by atoms with Crippen LogP contribution in [0.1, 0.15) is 45.2 Å². The molecule has 2 aromatic heterocycles. The van der Waals surface area contributed by atoms with Crippen molar-refractivity contribution in [2.75, 3.05) is 13.1 Å². The molecule has 174 valence electrons. The molecule has 1 saturated heterocycles. The van der Waals surface area contributed by atoms with E-state index in [2.05, 4.69) is 10.9 Å². The Kier molecular flexibility index (Phi) is 7.11. The number of rotatable bonds is 7. The standard InChI is InChI=1S/C22H23N3O6S2/c26-21(18-10-9-17(31-18)15-30-16-7-3-1-4-8-16)23-24-22(27)20-19(11-14-32-20)33(28,29)25-12-5-2-6-13-25/h1,3-4,7-11,14H,2,5-6,12-13,15H2,(H,23,26)(H,24,27). The zero-order chi connectivity index (χ0) is 23.3. The van der Waals surface area contributed by atoms with Gasteiger partial charge in [-0.05, 0) is 48.6 Å². The van der Waals surface area contributed by atoms with Gasteiger partial charge in [0.05, 0.1) is 0 Å². The number of sulfonamides is 1. The molecular weight excluding hydrogens is 466 g/mol. The quantitative estimate of drug-likeness (QED) is 0.492. The number of ether oxygens (including phenoxy) is 1. The lowest BCUT2D eigenvalue weighted by Gasteiger charge is -2.25. The lowest BCUT2D eigenvalue weighted by Crippen LogP contribution is -2.42. The van der Waals surface area contributed by atoms with Crippen LogP contribution in [0.5, 0.6) is 5.75 Å². The molecule has 0 radical (unpaired) electrons. The van der Waals surface area contributed by atoms with Crippen molar-refractivity contribution < 1.29 is 27.2 Å². The Morgan fingerprint density at radius 2 is 1.70 bits per heavy atom. The molecule has 9 nitrogen and oxygen atoms in total. The van der Waals surface area contributed by atoms with Gasteiger partial charge in [0.1, 0.15) is 27.9 Å². The fraction of sp³-hybridized carbons (Fsp3) is 0.273. The maximum absolute atomic E-state index is 12.9. The second-order valence-electron chi connectivity index (χ2n) is 7.35. The molecule has 0 unspecified atom stereocenters. The van der Waals surface area contributed by atoms with E-state index >= 15 is 0 Å². The lowest BCUT2D eigenvalue weighted by atomic mass is 10.2. The normalized spacial score (nSPS) is 14.5. The van der Waals surface area contributed by atoms with Gasteiger partial charge in [-0.2, -0.15) is 4.31 Å². The van der Waals surface area contributed by atoms with Gasteiger partial charge in [0.15, 0.2) is 5.76 Å². The molecule has 2 N–H and O–H groups in total. The van der Waals surface area contributed by atoms with Crippen LogP contribution in [0, 0.1) is 0 Å². The molecule has 4 rings (SSSR count). The Hall–Kier alpha value is -3.15.